The number of nitrogens with zero attached hydrogens (tertiary/aromatic N) is 1. The van der Waals surface area contributed by atoms with E-state index in [0.717, 1.165) is 15.3 Å². The highest BCUT2D eigenvalue weighted by Gasteiger charge is 2.25. The summed E-state index contributed by atoms with van der Waals surface area (Å²) in [6.45, 7) is 7.52. The molecule has 114 valence electrons. The minimum Gasteiger partial charge on any atom is -0.497 e. The third-order valence-corrected chi connectivity index (χ3v) is 3.94. The van der Waals surface area contributed by atoms with Crippen molar-refractivity contribution >= 4 is 23.2 Å². The second-order valence-corrected chi connectivity index (χ2v) is 5.78. The molecule has 2 heterocycles. The van der Waals surface area contributed by atoms with Crippen LogP contribution in [0, 0.1) is 6.92 Å². The minimum atomic E-state index is -0.452. The molecule has 22 heavy (non-hydrogen) atoms. The SMILES string of the molecule is C=C\C(=C/C(=C\C)/C=C1\N=C(c2ccc(C)s2)OC1=O)OC. The second kappa shape index (κ2) is 7.04. The predicted molar refractivity (Wildman–Crippen MR) is 88.8 cm³/mol. The number of hydrogen-bond donors (Lipinski definition) is 0. The topological polar surface area (TPSA) is 47.9 Å². The summed E-state index contributed by atoms with van der Waals surface area (Å²) in [5, 5.41) is 0. The van der Waals surface area contributed by atoms with Gasteiger partial charge in [0.05, 0.1) is 12.0 Å². The Bertz CT molecular complexity index is 720. The summed E-state index contributed by atoms with van der Waals surface area (Å²) >= 11 is 1.54. The van der Waals surface area contributed by atoms with Gasteiger partial charge in [0.2, 0.25) is 5.90 Å². The van der Waals surface area contributed by atoms with E-state index in [1.54, 1.807) is 25.3 Å². The number of aryl methyl sites for hydroxylation is 1. The first-order chi connectivity index (χ1) is 10.6. The smallest absolute Gasteiger partial charge is 0.363 e. The van der Waals surface area contributed by atoms with Gasteiger partial charge < -0.3 is 9.47 Å². The van der Waals surface area contributed by atoms with E-state index in [4.69, 9.17) is 9.47 Å². The van der Waals surface area contributed by atoms with Gasteiger partial charge in [-0.1, -0.05) is 12.7 Å². The molecule has 0 aromatic carbocycles. The van der Waals surface area contributed by atoms with E-state index in [2.05, 4.69) is 11.6 Å². The standard InChI is InChI=1S/C17H17NO3S/c1-5-12(9-13(6-2)20-4)10-14-17(19)21-16(18-14)15-8-7-11(3)22-15/h5-10H,2H2,1,3-4H3/b12-5+,13-9+,14-10-. The van der Waals surface area contributed by atoms with Crippen molar-refractivity contribution in [3.05, 3.63) is 69.8 Å². The molecule has 1 aliphatic heterocycles. The second-order valence-electron chi connectivity index (χ2n) is 4.49. The number of allylic oxidation sites excluding steroid dienone is 5. The highest BCUT2D eigenvalue weighted by Crippen LogP contribution is 2.23. The molecule has 0 unspecified atom stereocenters. The lowest BCUT2D eigenvalue weighted by molar-refractivity contribution is -0.130. The van der Waals surface area contributed by atoms with Crippen molar-refractivity contribution in [2.45, 2.75) is 13.8 Å². The maximum atomic E-state index is 11.9. The van der Waals surface area contributed by atoms with Crippen molar-refractivity contribution in [3.63, 3.8) is 0 Å². The molecule has 0 aliphatic carbocycles. The fourth-order valence-electron chi connectivity index (χ4n) is 1.80. The van der Waals surface area contributed by atoms with Crippen LogP contribution in [0.4, 0.5) is 0 Å². The van der Waals surface area contributed by atoms with Gasteiger partial charge in [-0.3, -0.25) is 0 Å². The molecule has 0 N–H and O–H groups in total. The summed E-state index contributed by atoms with van der Waals surface area (Å²) in [6.07, 6.45) is 6.89. The lowest BCUT2D eigenvalue weighted by Crippen LogP contribution is -2.03. The molecule has 1 aromatic heterocycles. The molecule has 1 aliphatic rings. The van der Waals surface area contributed by atoms with Crippen LogP contribution in [0.15, 0.2) is 65.0 Å². The van der Waals surface area contributed by atoms with Gasteiger partial charge in [-0.15, -0.1) is 11.3 Å². The number of esters is 1. The first-order valence-corrected chi connectivity index (χ1v) is 7.53. The first kappa shape index (κ1) is 16.0. The number of ether oxygens (including phenoxy) is 2. The molecule has 4 nitrogen and oxygen atoms in total. The van der Waals surface area contributed by atoms with Crippen molar-refractivity contribution in [1.82, 2.24) is 0 Å². The molecule has 1 aromatic rings. The molecule has 0 saturated heterocycles. The molecule has 0 saturated carbocycles. The summed E-state index contributed by atoms with van der Waals surface area (Å²) in [5.74, 6) is 0.505. The Morgan fingerprint density at radius 3 is 2.77 bits per heavy atom. The van der Waals surface area contributed by atoms with E-state index >= 15 is 0 Å². The van der Waals surface area contributed by atoms with E-state index in [-0.39, 0.29) is 5.70 Å². The van der Waals surface area contributed by atoms with Crippen LogP contribution in [0.1, 0.15) is 16.7 Å². The molecule has 0 atom stereocenters. The van der Waals surface area contributed by atoms with Crippen LogP contribution >= 0.6 is 11.3 Å². The maximum absolute atomic E-state index is 11.9. The molecule has 0 amide bonds. The summed E-state index contributed by atoms with van der Waals surface area (Å²) in [7, 11) is 1.56. The summed E-state index contributed by atoms with van der Waals surface area (Å²) in [5.41, 5.74) is 1.06. The number of methoxy groups -OCH3 is 1. The molecule has 5 heteroatoms. The molecule has 0 spiro atoms. The van der Waals surface area contributed by atoms with Gasteiger partial charge in [0.15, 0.2) is 5.70 Å². The normalized spacial score (nSPS) is 17.5. The van der Waals surface area contributed by atoms with Gasteiger partial charge in [-0.05, 0) is 49.8 Å². The Kier molecular flexibility index (Phi) is 5.12. The lowest BCUT2D eigenvalue weighted by Gasteiger charge is -2.00. The zero-order chi connectivity index (χ0) is 16.1. The zero-order valence-electron chi connectivity index (χ0n) is 12.8. The quantitative estimate of drug-likeness (QED) is 0.358. The maximum Gasteiger partial charge on any atom is 0.363 e. The third-order valence-electron chi connectivity index (χ3n) is 2.95. The van der Waals surface area contributed by atoms with Gasteiger partial charge in [0.25, 0.3) is 0 Å². The zero-order valence-corrected chi connectivity index (χ0v) is 13.6. The van der Waals surface area contributed by atoms with E-state index in [0.29, 0.717) is 11.7 Å². The van der Waals surface area contributed by atoms with Crippen molar-refractivity contribution < 1.29 is 14.3 Å². The number of rotatable bonds is 5. The molecular formula is C17H17NO3S. The van der Waals surface area contributed by atoms with E-state index in [1.165, 1.54) is 11.3 Å². The van der Waals surface area contributed by atoms with Gasteiger partial charge in [-0.2, -0.15) is 0 Å². The fraction of sp³-hybridized carbons (Fsp3) is 0.176. The monoisotopic (exact) mass is 315 g/mol. The van der Waals surface area contributed by atoms with Gasteiger partial charge in [0.1, 0.15) is 5.76 Å². The number of aliphatic imine (C=N–C) groups is 1. The van der Waals surface area contributed by atoms with E-state index in [1.807, 2.05) is 32.1 Å². The van der Waals surface area contributed by atoms with Crippen molar-refractivity contribution in [1.29, 1.82) is 0 Å². The minimum absolute atomic E-state index is 0.268. The lowest BCUT2D eigenvalue weighted by atomic mass is 10.2. The van der Waals surface area contributed by atoms with Crippen LogP contribution in [0.25, 0.3) is 0 Å². The van der Waals surface area contributed by atoms with Crippen molar-refractivity contribution in [3.8, 4) is 0 Å². The van der Waals surface area contributed by atoms with Crippen molar-refractivity contribution in [2.75, 3.05) is 7.11 Å². The summed E-state index contributed by atoms with van der Waals surface area (Å²) in [4.78, 5) is 18.2. The molecule has 0 fully saturated rings. The molecular weight excluding hydrogens is 298 g/mol. The van der Waals surface area contributed by atoms with Gasteiger partial charge >= 0.3 is 5.97 Å². The van der Waals surface area contributed by atoms with Crippen LogP contribution < -0.4 is 0 Å². The van der Waals surface area contributed by atoms with E-state index < -0.39 is 5.97 Å². The number of hydrogen-bond acceptors (Lipinski definition) is 5. The first-order valence-electron chi connectivity index (χ1n) is 6.71. The molecule has 2 rings (SSSR count). The van der Waals surface area contributed by atoms with Crippen LogP contribution in [0.3, 0.4) is 0 Å². The highest BCUT2D eigenvalue weighted by molar-refractivity contribution is 7.14. The number of carbonyl (C=O) groups is 1. The van der Waals surface area contributed by atoms with Crippen LogP contribution in [-0.2, 0) is 14.3 Å². The Morgan fingerprint density at radius 2 is 2.23 bits per heavy atom. The largest absolute Gasteiger partial charge is 0.497 e. The van der Waals surface area contributed by atoms with Crippen LogP contribution in [-0.4, -0.2) is 19.0 Å². The van der Waals surface area contributed by atoms with Crippen LogP contribution in [0.5, 0.6) is 0 Å². The highest BCUT2D eigenvalue weighted by atomic mass is 32.1. The number of cyclic esters (lactones) is 1. The van der Waals surface area contributed by atoms with Crippen LogP contribution in [0.2, 0.25) is 0 Å². The third kappa shape index (κ3) is 3.62. The molecule has 0 bridgehead atoms. The Morgan fingerprint density at radius 1 is 1.45 bits per heavy atom. The fourth-order valence-corrected chi connectivity index (χ4v) is 2.59. The van der Waals surface area contributed by atoms with Gasteiger partial charge in [-0.25, -0.2) is 9.79 Å². The van der Waals surface area contributed by atoms with Crippen molar-refractivity contribution in [2.24, 2.45) is 4.99 Å². The van der Waals surface area contributed by atoms with Gasteiger partial charge in [0, 0.05) is 4.88 Å². The Balaban J connectivity index is 2.31. The Hall–Kier alpha value is -2.40. The van der Waals surface area contributed by atoms with E-state index in [9.17, 15) is 4.79 Å². The number of carbonyl (C=O) groups excluding carboxylic acids is 1. The summed E-state index contributed by atoms with van der Waals surface area (Å²) in [6, 6.07) is 3.86. The average molecular weight is 315 g/mol. The molecule has 0 radical (unpaired) electrons. The average Bonchev–Trinajstić information content (AvgIpc) is 3.10. The Labute approximate surface area is 133 Å². The number of thiophene rings is 1. The predicted octanol–water partition coefficient (Wildman–Crippen LogP) is 3.91. The summed E-state index contributed by atoms with van der Waals surface area (Å²) < 4.78 is 10.4.